The van der Waals surface area contributed by atoms with E-state index in [-0.39, 0.29) is 11.4 Å². The molecule has 7 heteroatoms. The summed E-state index contributed by atoms with van der Waals surface area (Å²) in [6, 6.07) is 9.38. The molecule has 26 heavy (non-hydrogen) atoms. The maximum absolute atomic E-state index is 11.7. The molecule has 2 aromatic rings. The first kappa shape index (κ1) is 18.8. The molecule has 0 spiro atoms. The Bertz CT molecular complexity index is 851. The molecule has 0 bridgehead atoms. The topological polar surface area (TPSA) is 112 Å². The van der Waals surface area contributed by atoms with E-state index in [1.807, 2.05) is 24.3 Å². The summed E-state index contributed by atoms with van der Waals surface area (Å²) in [7, 11) is 0. The van der Waals surface area contributed by atoms with Crippen molar-refractivity contribution in [1.29, 1.82) is 0 Å². The number of aryl methyl sites for hydroxylation is 1. The number of hydrogen-bond donors (Lipinski definition) is 4. The Kier molecular flexibility index (Phi) is 6.57. The van der Waals surface area contributed by atoms with Gasteiger partial charge in [-0.15, -0.1) is 0 Å². The molecule has 1 aromatic carbocycles. The van der Waals surface area contributed by atoms with E-state index in [0.717, 1.165) is 12.1 Å². The predicted molar refractivity (Wildman–Crippen MR) is 97.1 cm³/mol. The van der Waals surface area contributed by atoms with Gasteiger partial charge in [0.2, 0.25) is 0 Å². The molecule has 1 heterocycles. The fraction of sp³-hybridized carbons (Fsp3) is 0.211. The van der Waals surface area contributed by atoms with Gasteiger partial charge in [0.1, 0.15) is 12.3 Å². The Hall–Kier alpha value is -3.53. The van der Waals surface area contributed by atoms with Crippen LogP contribution in [0.5, 0.6) is 5.75 Å². The number of anilines is 1. The molecule has 0 aliphatic heterocycles. The highest BCUT2D eigenvalue weighted by Crippen LogP contribution is 2.15. The number of carbonyl (C=O) groups is 2. The Morgan fingerprint density at radius 2 is 1.96 bits per heavy atom. The molecular weight excluding hydrogens is 334 g/mol. The number of nitrogens with one attached hydrogen (secondary N) is 2. The molecule has 134 valence electrons. The van der Waals surface area contributed by atoms with Crippen LogP contribution in [0.4, 0.5) is 5.69 Å². The van der Waals surface area contributed by atoms with Crippen LogP contribution in [0.15, 0.2) is 36.5 Å². The molecule has 1 amide bonds. The van der Waals surface area contributed by atoms with Crippen LogP contribution in [0.2, 0.25) is 0 Å². The van der Waals surface area contributed by atoms with Crippen LogP contribution in [0.3, 0.4) is 0 Å². The van der Waals surface area contributed by atoms with Crippen LogP contribution in [0, 0.1) is 11.8 Å². The van der Waals surface area contributed by atoms with Crippen molar-refractivity contribution in [3.8, 4) is 17.6 Å². The summed E-state index contributed by atoms with van der Waals surface area (Å²) >= 11 is 0. The van der Waals surface area contributed by atoms with Crippen LogP contribution < -0.4 is 10.6 Å². The monoisotopic (exact) mass is 353 g/mol. The normalized spacial score (nSPS) is 9.73. The lowest BCUT2D eigenvalue weighted by molar-refractivity contribution is -0.135. The molecule has 0 saturated heterocycles. The van der Waals surface area contributed by atoms with Gasteiger partial charge in [-0.2, -0.15) is 0 Å². The van der Waals surface area contributed by atoms with Crippen LogP contribution in [-0.4, -0.2) is 40.2 Å². The van der Waals surface area contributed by atoms with Crippen molar-refractivity contribution >= 4 is 17.6 Å². The van der Waals surface area contributed by atoms with Gasteiger partial charge < -0.3 is 20.8 Å². The minimum atomic E-state index is -1.18. The van der Waals surface area contributed by atoms with Gasteiger partial charge in [0.15, 0.2) is 5.69 Å². The quantitative estimate of drug-likeness (QED) is 0.587. The summed E-state index contributed by atoms with van der Waals surface area (Å²) in [6.45, 7) is 1.96. The molecule has 0 atom stereocenters. The molecule has 0 fully saturated rings. The number of hydrogen-bond acceptors (Lipinski definition) is 5. The molecular formula is C19H19N3O4. The van der Waals surface area contributed by atoms with Crippen molar-refractivity contribution in [2.75, 3.05) is 18.4 Å². The zero-order valence-electron chi connectivity index (χ0n) is 14.2. The van der Waals surface area contributed by atoms with E-state index in [0.29, 0.717) is 12.1 Å². The molecule has 1 aromatic heterocycles. The van der Waals surface area contributed by atoms with Crippen molar-refractivity contribution in [2.24, 2.45) is 0 Å². The number of nitrogens with zero attached hydrogens (tertiary/aromatic N) is 1. The van der Waals surface area contributed by atoms with Crippen molar-refractivity contribution in [3.05, 3.63) is 53.3 Å². The minimum Gasteiger partial charge on any atom is -0.505 e. The second-order valence-electron chi connectivity index (χ2n) is 5.37. The Balaban J connectivity index is 1.93. The highest BCUT2D eigenvalue weighted by Gasteiger charge is 2.13. The molecule has 0 unspecified atom stereocenters. The zero-order chi connectivity index (χ0) is 18.9. The van der Waals surface area contributed by atoms with Gasteiger partial charge in [-0.1, -0.05) is 30.9 Å². The summed E-state index contributed by atoms with van der Waals surface area (Å²) in [5.74, 6) is 3.43. The van der Waals surface area contributed by atoms with E-state index in [1.165, 1.54) is 17.8 Å². The lowest BCUT2D eigenvalue weighted by Crippen LogP contribution is -2.29. The first-order chi connectivity index (χ1) is 12.5. The second-order valence-corrected chi connectivity index (χ2v) is 5.37. The van der Waals surface area contributed by atoms with Crippen LogP contribution in [-0.2, 0) is 11.2 Å². The van der Waals surface area contributed by atoms with E-state index >= 15 is 0 Å². The third-order valence-electron chi connectivity index (χ3n) is 3.46. The molecule has 2 rings (SSSR count). The SMILES string of the molecule is CCc1ccc(NCC#Cc2cnc(C(=O)NCC(=O)O)c(O)c2)cc1. The minimum absolute atomic E-state index is 0.245. The second kappa shape index (κ2) is 9.08. The molecule has 0 aliphatic carbocycles. The smallest absolute Gasteiger partial charge is 0.322 e. The van der Waals surface area contributed by atoms with Gasteiger partial charge in [0.05, 0.1) is 6.54 Å². The number of carboxylic acids is 1. The van der Waals surface area contributed by atoms with E-state index in [9.17, 15) is 14.7 Å². The van der Waals surface area contributed by atoms with Gasteiger partial charge in [-0.25, -0.2) is 4.98 Å². The lowest BCUT2D eigenvalue weighted by Gasteiger charge is -2.04. The molecule has 7 nitrogen and oxygen atoms in total. The first-order valence-corrected chi connectivity index (χ1v) is 8.00. The summed E-state index contributed by atoms with van der Waals surface area (Å²) in [4.78, 5) is 26.0. The summed E-state index contributed by atoms with van der Waals surface area (Å²) in [6.07, 6.45) is 2.33. The third kappa shape index (κ3) is 5.53. The van der Waals surface area contributed by atoms with E-state index in [4.69, 9.17) is 5.11 Å². The summed E-state index contributed by atoms with van der Waals surface area (Å²) < 4.78 is 0. The Morgan fingerprint density at radius 3 is 2.58 bits per heavy atom. The van der Waals surface area contributed by atoms with Gasteiger partial charge in [0, 0.05) is 17.4 Å². The summed E-state index contributed by atoms with van der Waals surface area (Å²) in [5.41, 5.74) is 2.42. The third-order valence-corrected chi connectivity index (χ3v) is 3.46. The summed E-state index contributed by atoms with van der Waals surface area (Å²) in [5, 5.41) is 23.7. The Labute approximate surface area is 151 Å². The number of rotatable bonds is 6. The van der Waals surface area contributed by atoms with Crippen molar-refractivity contribution in [1.82, 2.24) is 10.3 Å². The number of benzene rings is 1. The molecule has 0 radical (unpaired) electrons. The lowest BCUT2D eigenvalue weighted by atomic mass is 10.1. The van der Waals surface area contributed by atoms with Crippen LogP contribution in [0.1, 0.15) is 28.5 Å². The fourth-order valence-corrected chi connectivity index (χ4v) is 2.09. The van der Waals surface area contributed by atoms with Gasteiger partial charge in [-0.05, 0) is 30.2 Å². The van der Waals surface area contributed by atoms with Crippen molar-refractivity contribution < 1.29 is 19.8 Å². The Morgan fingerprint density at radius 1 is 1.23 bits per heavy atom. The van der Waals surface area contributed by atoms with Crippen molar-refractivity contribution in [2.45, 2.75) is 13.3 Å². The van der Waals surface area contributed by atoms with Crippen molar-refractivity contribution in [3.63, 3.8) is 0 Å². The van der Waals surface area contributed by atoms with Crippen LogP contribution >= 0.6 is 0 Å². The number of carbonyl (C=O) groups excluding carboxylic acids is 1. The first-order valence-electron chi connectivity index (χ1n) is 8.00. The van der Waals surface area contributed by atoms with E-state index in [2.05, 4.69) is 34.4 Å². The zero-order valence-corrected chi connectivity index (χ0v) is 14.2. The number of aliphatic carboxylic acids is 1. The van der Waals surface area contributed by atoms with Gasteiger partial charge in [0.25, 0.3) is 5.91 Å². The number of pyridine rings is 1. The standard InChI is InChI=1S/C19H19N3O4/c1-2-13-5-7-15(8-6-13)20-9-3-4-14-10-16(23)18(21-11-14)19(26)22-12-17(24)25/h5-8,10-11,20,23H,2,9,12H2,1H3,(H,22,26)(H,24,25). The average Bonchev–Trinajstić information content (AvgIpc) is 2.64. The fourth-order valence-electron chi connectivity index (χ4n) is 2.09. The van der Waals surface area contributed by atoms with Gasteiger partial charge in [-0.3, -0.25) is 9.59 Å². The number of amides is 1. The highest BCUT2D eigenvalue weighted by molar-refractivity contribution is 5.96. The van der Waals surface area contributed by atoms with E-state index < -0.39 is 18.4 Å². The number of aromatic nitrogens is 1. The van der Waals surface area contributed by atoms with Gasteiger partial charge >= 0.3 is 5.97 Å². The number of aromatic hydroxyl groups is 1. The highest BCUT2D eigenvalue weighted by atomic mass is 16.4. The molecule has 0 saturated carbocycles. The molecule has 0 aliphatic rings. The van der Waals surface area contributed by atoms with E-state index in [1.54, 1.807) is 0 Å². The predicted octanol–water partition coefficient (Wildman–Crippen LogP) is 1.63. The average molecular weight is 353 g/mol. The van der Waals surface area contributed by atoms with Crippen LogP contribution in [0.25, 0.3) is 0 Å². The molecule has 4 N–H and O–H groups in total. The number of carboxylic acid groups (broad SMARTS) is 1. The maximum atomic E-state index is 11.7. The largest absolute Gasteiger partial charge is 0.505 e. The maximum Gasteiger partial charge on any atom is 0.322 e.